The van der Waals surface area contributed by atoms with Gasteiger partial charge in [-0.25, -0.2) is 0 Å². The smallest absolute Gasteiger partial charge is 0.227 e. The summed E-state index contributed by atoms with van der Waals surface area (Å²) in [5, 5.41) is 10.2. The zero-order valence-corrected chi connectivity index (χ0v) is 13.8. The lowest BCUT2D eigenvalue weighted by molar-refractivity contribution is -0.132. The number of ether oxygens (including phenoxy) is 1. The maximum absolute atomic E-state index is 12.3. The molecule has 0 unspecified atom stereocenters. The fourth-order valence-electron chi connectivity index (χ4n) is 2.86. The van der Waals surface area contributed by atoms with Crippen LogP contribution in [0.4, 0.5) is 5.69 Å². The van der Waals surface area contributed by atoms with Gasteiger partial charge in [-0.1, -0.05) is 12.1 Å². The standard InChI is InChI=1S/C17H20N4O3/c1-11(22)18-13-5-3-4-12(8-13)17-14-9-16(23)21(6-7-24-2)10-15(14)19-20-17/h3-5,8H,6-7,9-10H2,1-2H3,(H,18,22)(H,19,20). The molecule has 0 fully saturated rings. The average Bonchev–Trinajstić information content (AvgIpc) is 2.95. The van der Waals surface area contributed by atoms with Gasteiger partial charge >= 0.3 is 0 Å². The molecule has 0 bridgehead atoms. The topological polar surface area (TPSA) is 87.3 Å². The van der Waals surface area contributed by atoms with Crippen LogP contribution in [0.25, 0.3) is 11.3 Å². The number of hydrogen-bond donors (Lipinski definition) is 2. The summed E-state index contributed by atoms with van der Waals surface area (Å²) >= 11 is 0. The lowest BCUT2D eigenvalue weighted by Gasteiger charge is -2.26. The van der Waals surface area contributed by atoms with Crippen LogP contribution >= 0.6 is 0 Å². The van der Waals surface area contributed by atoms with Crippen LogP contribution in [0.2, 0.25) is 0 Å². The Labute approximate surface area is 140 Å². The third-order valence-electron chi connectivity index (χ3n) is 4.00. The Morgan fingerprint density at radius 2 is 2.29 bits per heavy atom. The van der Waals surface area contributed by atoms with Crippen LogP contribution in [0.15, 0.2) is 24.3 Å². The number of anilines is 1. The van der Waals surface area contributed by atoms with E-state index in [0.717, 1.165) is 22.5 Å². The zero-order chi connectivity index (χ0) is 17.1. The highest BCUT2D eigenvalue weighted by Crippen LogP contribution is 2.29. The highest BCUT2D eigenvalue weighted by molar-refractivity contribution is 5.90. The molecule has 0 atom stereocenters. The molecule has 1 aromatic carbocycles. The third-order valence-corrected chi connectivity index (χ3v) is 4.00. The molecule has 1 aromatic heterocycles. The van der Waals surface area contributed by atoms with Crippen molar-refractivity contribution in [3.05, 3.63) is 35.5 Å². The molecular weight excluding hydrogens is 308 g/mol. The van der Waals surface area contributed by atoms with Gasteiger partial charge in [0.2, 0.25) is 11.8 Å². The Morgan fingerprint density at radius 3 is 3.04 bits per heavy atom. The molecule has 0 aliphatic carbocycles. The van der Waals surface area contributed by atoms with Gasteiger partial charge in [-0.15, -0.1) is 0 Å². The van der Waals surface area contributed by atoms with Crippen LogP contribution in [0, 0.1) is 0 Å². The Kier molecular flexibility index (Phi) is 4.61. The van der Waals surface area contributed by atoms with Crippen molar-refractivity contribution in [2.75, 3.05) is 25.6 Å². The predicted molar refractivity (Wildman–Crippen MR) is 89.3 cm³/mol. The summed E-state index contributed by atoms with van der Waals surface area (Å²) in [6, 6.07) is 7.46. The van der Waals surface area contributed by atoms with E-state index < -0.39 is 0 Å². The molecular formula is C17H20N4O3. The van der Waals surface area contributed by atoms with E-state index in [-0.39, 0.29) is 11.8 Å². The minimum absolute atomic E-state index is 0.0696. The first-order valence-electron chi connectivity index (χ1n) is 7.79. The molecule has 0 saturated carbocycles. The van der Waals surface area contributed by atoms with E-state index >= 15 is 0 Å². The quantitative estimate of drug-likeness (QED) is 0.872. The van der Waals surface area contributed by atoms with Crippen LogP contribution in [-0.2, 0) is 27.3 Å². The number of benzene rings is 1. The first-order valence-corrected chi connectivity index (χ1v) is 7.79. The van der Waals surface area contributed by atoms with Gasteiger partial charge < -0.3 is 15.0 Å². The lowest BCUT2D eigenvalue weighted by Crippen LogP contribution is -2.38. The Hall–Kier alpha value is -2.67. The highest BCUT2D eigenvalue weighted by Gasteiger charge is 2.27. The average molecular weight is 328 g/mol. The van der Waals surface area contributed by atoms with Crippen molar-refractivity contribution >= 4 is 17.5 Å². The number of methoxy groups -OCH3 is 1. The molecule has 0 saturated heterocycles. The van der Waals surface area contributed by atoms with Gasteiger partial charge in [-0.05, 0) is 12.1 Å². The van der Waals surface area contributed by atoms with Crippen LogP contribution in [-0.4, -0.2) is 47.2 Å². The van der Waals surface area contributed by atoms with Crippen LogP contribution in [0.5, 0.6) is 0 Å². The van der Waals surface area contributed by atoms with Gasteiger partial charge in [-0.3, -0.25) is 14.7 Å². The number of H-pyrrole nitrogens is 1. The van der Waals surface area contributed by atoms with E-state index in [1.807, 2.05) is 24.3 Å². The summed E-state index contributed by atoms with van der Waals surface area (Å²) in [5.74, 6) is -0.0552. The Balaban J connectivity index is 1.87. The number of hydrogen-bond acceptors (Lipinski definition) is 4. The molecule has 2 N–H and O–H groups in total. The van der Waals surface area contributed by atoms with Crippen LogP contribution in [0.1, 0.15) is 18.2 Å². The maximum atomic E-state index is 12.3. The summed E-state index contributed by atoms with van der Waals surface area (Å²) in [5.41, 5.74) is 4.22. The molecule has 2 amide bonds. The molecule has 7 nitrogen and oxygen atoms in total. The molecule has 126 valence electrons. The fourth-order valence-corrected chi connectivity index (χ4v) is 2.86. The largest absolute Gasteiger partial charge is 0.383 e. The summed E-state index contributed by atoms with van der Waals surface area (Å²) in [7, 11) is 1.62. The molecule has 0 spiro atoms. The van der Waals surface area contributed by atoms with Gasteiger partial charge in [0.25, 0.3) is 0 Å². The third kappa shape index (κ3) is 3.30. The number of nitrogens with zero attached hydrogens (tertiary/aromatic N) is 2. The van der Waals surface area contributed by atoms with Gasteiger partial charge in [0.05, 0.1) is 31.0 Å². The molecule has 24 heavy (non-hydrogen) atoms. The molecule has 2 heterocycles. The summed E-state index contributed by atoms with van der Waals surface area (Å²) in [6.45, 7) is 3.06. The SMILES string of the molecule is COCCN1Cc2[nH]nc(-c3cccc(NC(C)=O)c3)c2CC1=O. The number of fused-ring (bicyclic) bond motifs is 1. The van der Waals surface area contributed by atoms with Gasteiger partial charge in [0.1, 0.15) is 0 Å². The minimum Gasteiger partial charge on any atom is -0.383 e. The molecule has 1 aliphatic heterocycles. The first-order chi connectivity index (χ1) is 11.6. The number of rotatable bonds is 5. The van der Waals surface area contributed by atoms with E-state index in [2.05, 4.69) is 15.5 Å². The highest BCUT2D eigenvalue weighted by atomic mass is 16.5. The van der Waals surface area contributed by atoms with Crippen molar-refractivity contribution in [2.24, 2.45) is 0 Å². The number of aromatic nitrogens is 2. The minimum atomic E-state index is -0.125. The van der Waals surface area contributed by atoms with Crippen molar-refractivity contribution < 1.29 is 14.3 Å². The Bertz CT molecular complexity index is 769. The van der Waals surface area contributed by atoms with Crippen molar-refractivity contribution in [2.45, 2.75) is 19.9 Å². The summed E-state index contributed by atoms with van der Waals surface area (Å²) in [4.78, 5) is 25.3. The van der Waals surface area contributed by atoms with E-state index in [1.165, 1.54) is 6.92 Å². The number of carbonyl (C=O) groups is 2. The number of aromatic amines is 1. The second-order valence-electron chi connectivity index (χ2n) is 5.78. The monoisotopic (exact) mass is 328 g/mol. The number of carbonyl (C=O) groups excluding carboxylic acids is 2. The maximum Gasteiger partial charge on any atom is 0.227 e. The van der Waals surface area contributed by atoms with Crippen molar-refractivity contribution in [3.8, 4) is 11.3 Å². The van der Waals surface area contributed by atoms with Crippen molar-refractivity contribution in [1.29, 1.82) is 0 Å². The molecule has 1 aliphatic rings. The van der Waals surface area contributed by atoms with Gasteiger partial charge in [0, 0.05) is 37.4 Å². The molecule has 3 rings (SSSR count). The van der Waals surface area contributed by atoms with E-state index in [0.29, 0.717) is 31.8 Å². The number of amides is 2. The molecule has 0 radical (unpaired) electrons. The number of nitrogens with one attached hydrogen (secondary N) is 2. The normalized spacial score (nSPS) is 13.8. The second kappa shape index (κ2) is 6.84. The fraction of sp³-hybridized carbons (Fsp3) is 0.353. The van der Waals surface area contributed by atoms with Crippen molar-refractivity contribution in [3.63, 3.8) is 0 Å². The predicted octanol–water partition coefficient (Wildman–Crippen LogP) is 1.57. The van der Waals surface area contributed by atoms with Gasteiger partial charge in [0.15, 0.2) is 0 Å². The molecule has 7 heteroatoms. The zero-order valence-electron chi connectivity index (χ0n) is 13.8. The van der Waals surface area contributed by atoms with Crippen molar-refractivity contribution in [1.82, 2.24) is 15.1 Å². The van der Waals surface area contributed by atoms with Crippen LogP contribution < -0.4 is 5.32 Å². The summed E-state index contributed by atoms with van der Waals surface area (Å²) in [6.07, 6.45) is 0.315. The first kappa shape index (κ1) is 16.2. The van der Waals surface area contributed by atoms with Gasteiger partial charge in [-0.2, -0.15) is 5.10 Å². The van der Waals surface area contributed by atoms with E-state index in [4.69, 9.17) is 4.74 Å². The Morgan fingerprint density at radius 1 is 1.46 bits per heavy atom. The van der Waals surface area contributed by atoms with E-state index in [1.54, 1.807) is 12.0 Å². The van der Waals surface area contributed by atoms with E-state index in [9.17, 15) is 9.59 Å². The van der Waals surface area contributed by atoms with Crippen LogP contribution in [0.3, 0.4) is 0 Å². The lowest BCUT2D eigenvalue weighted by atomic mass is 9.99. The second-order valence-corrected chi connectivity index (χ2v) is 5.78. The molecule has 2 aromatic rings. The summed E-state index contributed by atoms with van der Waals surface area (Å²) < 4.78 is 5.05.